The molecule has 2 aromatic rings. The summed E-state index contributed by atoms with van der Waals surface area (Å²) in [5.74, 6) is -0.974. The summed E-state index contributed by atoms with van der Waals surface area (Å²) in [4.78, 5) is 14.9. The number of nitrogens with zero attached hydrogens (tertiary/aromatic N) is 1. The van der Waals surface area contributed by atoms with Gasteiger partial charge in [0.25, 0.3) is 0 Å². The van der Waals surface area contributed by atoms with Crippen LogP contribution in [0.4, 0.5) is 0 Å². The van der Waals surface area contributed by atoms with Crippen LogP contribution in [-0.2, 0) is 4.79 Å². The molecule has 1 aromatic heterocycles. The highest BCUT2D eigenvalue weighted by atomic mass is 16.4. The zero-order chi connectivity index (χ0) is 13.8. The van der Waals surface area contributed by atoms with Gasteiger partial charge in [-0.05, 0) is 44.2 Å². The van der Waals surface area contributed by atoms with Gasteiger partial charge < -0.3 is 5.11 Å². The van der Waals surface area contributed by atoms with Gasteiger partial charge in [0.15, 0.2) is 0 Å². The minimum atomic E-state index is -0.974. The summed E-state index contributed by atoms with van der Waals surface area (Å²) in [6.07, 6.45) is 2.59. The van der Waals surface area contributed by atoms with E-state index >= 15 is 0 Å². The number of carboxylic acid groups (broad SMARTS) is 1. The number of aliphatic carboxylic acids is 1. The van der Waals surface area contributed by atoms with Crippen LogP contribution >= 0.6 is 0 Å². The molecule has 0 fully saturated rings. The van der Waals surface area contributed by atoms with Crippen LogP contribution in [-0.4, -0.2) is 16.1 Å². The van der Waals surface area contributed by atoms with Gasteiger partial charge in [-0.2, -0.15) is 0 Å². The Balaban J connectivity index is 2.40. The molecule has 3 nitrogen and oxygen atoms in total. The number of pyridine rings is 1. The fraction of sp³-hybridized carbons (Fsp3) is 0.125. The SMILES string of the molecule is Cc1cc(C)cc(-c2cccc(/C=C/C(=O)O)n2)c1. The molecular formula is C16H15NO2. The average molecular weight is 253 g/mol. The number of hydrogen-bond acceptors (Lipinski definition) is 2. The molecular weight excluding hydrogens is 238 g/mol. The maximum Gasteiger partial charge on any atom is 0.328 e. The summed E-state index contributed by atoms with van der Waals surface area (Å²) in [6.45, 7) is 4.09. The van der Waals surface area contributed by atoms with Crippen molar-refractivity contribution in [1.29, 1.82) is 0 Å². The van der Waals surface area contributed by atoms with Crippen molar-refractivity contribution in [2.75, 3.05) is 0 Å². The van der Waals surface area contributed by atoms with E-state index in [0.29, 0.717) is 5.69 Å². The van der Waals surface area contributed by atoms with Crippen LogP contribution in [0.15, 0.2) is 42.5 Å². The number of benzene rings is 1. The van der Waals surface area contributed by atoms with E-state index in [2.05, 4.69) is 23.2 Å². The zero-order valence-electron chi connectivity index (χ0n) is 10.9. The van der Waals surface area contributed by atoms with E-state index in [-0.39, 0.29) is 0 Å². The standard InChI is InChI=1S/C16H15NO2/c1-11-8-12(2)10-13(9-11)15-5-3-4-14(17-15)6-7-16(18)19/h3-10H,1-2H3,(H,18,19)/b7-6+. The third kappa shape index (κ3) is 3.52. The van der Waals surface area contributed by atoms with Gasteiger partial charge in [0.05, 0.1) is 11.4 Å². The Bertz CT molecular complexity index is 625. The first kappa shape index (κ1) is 13.0. The highest BCUT2D eigenvalue weighted by Crippen LogP contribution is 2.20. The predicted octanol–water partition coefficient (Wildman–Crippen LogP) is 3.46. The Morgan fingerprint density at radius 2 is 1.84 bits per heavy atom. The molecule has 2 rings (SSSR count). The van der Waals surface area contributed by atoms with Gasteiger partial charge >= 0.3 is 5.97 Å². The van der Waals surface area contributed by atoms with Gasteiger partial charge in [-0.3, -0.25) is 0 Å². The lowest BCUT2D eigenvalue weighted by molar-refractivity contribution is -0.131. The van der Waals surface area contributed by atoms with Gasteiger partial charge in [-0.1, -0.05) is 23.3 Å². The average Bonchev–Trinajstić information content (AvgIpc) is 2.35. The lowest BCUT2D eigenvalue weighted by Crippen LogP contribution is -1.90. The van der Waals surface area contributed by atoms with Gasteiger partial charge in [-0.25, -0.2) is 9.78 Å². The molecule has 0 aliphatic heterocycles. The van der Waals surface area contributed by atoms with Crippen molar-refractivity contribution in [3.8, 4) is 11.3 Å². The maximum atomic E-state index is 10.5. The van der Waals surface area contributed by atoms with E-state index in [1.165, 1.54) is 17.2 Å². The number of aryl methyl sites for hydroxylation is 2. The lowest BCUT2D eigenvalue weighted by atomic mass is 10.0. The summed E-state index contributed by atoms with van der Waals surface area (Å²) >= 11 is 0. The van der Waals surface area contributed by atoms with Crippen LogP contribution < -0.4 is 0 Å². The molecule has 3 heteroatoms. The monoisotopic (exact) mass is 253 g/mol. The van der Waals surface area contributed by atoms with E-state index in [0.717, 1.165) is 17.3 Å². The van der Waals surface area contributed by atoms with Crippen LogP contribution in [0.5, 0.6) is 0 Å². The van der Waals surface area contributed by atoms with E-state index in [1.54, 1.807) is 6.07 Å². The second-order valence-electron chi connectivity index (χ2n) is 4.50. The Morgan fingerprint density at radius 1 is 1.16 bits per heavy atom. The smallest absolute Gasteiger partial charge is 0.328 e. The van der Waals surface area contributed by atoms with E-state index in [1.807, 2.05) is 26.0 Å². The summed E-state index contributed by atoms with van der Waals surface area (Å²) < 4.78 is 0. The molecule has 0 amide bonds. The maximum absolute atomic E-state index is 10.5. The Labute approximate surface area is 112 Å². The minimum Gasteiger partial charge on any atom is -0.478 e. The first-order chi connectivity index (χ1) is 9.04. The normalized spacial score (nSPS) is 10.8. The van der Waals surface area contributed by atoms with Crippen LogP contribution in [0.2, 0.25) is 0 Å². The van der Waals surface area contributed by atoms with Gasteiger partial charge in [0, 0.05) is 11.6 Å². The van der Waals surface area contributed by atoms with Gasteiger partial charge in [0.2, 0.25) is 0 Å². The Morgan fingerprint density at radius 3 is 2.47 bits per heavy atom. The lowest BCUT2D eigenvalue weighted by Gasteiger charge is -2.05. The molecule has 0 aliphatic rings. The summed E-state index contributed by atoms with van der Waals surface area (Å²) in [5.41, 5.74) is 4.90. The summed E-state index contributed by atoms with van der Waals surface area (Å²) in [5, 5.41) is 8.62. The third-order valence-corrected chi connectivity index (χ3v) is 2.68. The largest absolute Gasteiger partial charge is 0.478 e. The van der Waals surface area contributed by atoms with E-state index in [9.17, 15) is 4.79 Å². The van der Waals surface area contributed by atoms with Gasteiger partial charge in [0.1, 0.15) is 0 Å². The van der Waals surface area contributed by atoms with Crippen LogP contribution in [0.1, 0.15) is 16.8 Å². The fourth-order valence-electron chi connectivity index (χ4n) is 1.98. The van der Waals surface area contributed by atoms with Crippen molar-refractivity contribution >= 4 is 12.0 Å². The van der Waals surface area contributed by atoms with Crippen LogP contribution in [0.25, 0.3) is 17.3 Å². The molecule has 1 heterocycles. The molecule has 19 heavy (non-hydrogen) atoms. The van der Waals surface area contributed by atoms with Crippen LogP contribution in [0, 0.1) is 13.8 Å². The number of carbonyl (C=O) groups is 1. The van der Waals surface area contributed by atoms with Crippen molar-refractivity contribution in [1.82, 2.24) is 4.98 Å². The Hall–Kier alpha value is -2.42. The molecule has 0 bridgehead atoms. The number of carboxylic acids is 1. The number of aromatic nitrogens is 1. The molecule has 1 N–H and O–H groups in total. The van der Waals surface area contributed by atoms with Crippen molar-refractivity contribution in [3.63, 3.8) is 0 Å². The third-order valence-electron chi connectivity index (χ3n) is 2.68. The first-order valence-corrected chi connectivity index (χ1v) is 6.01. The number of rotatable bonds is 3. The molecule has 0 unspecified atom stereocenters. The number of hydrogen-bond donors (Lipinski definition) is 1. The molecule has 0 saturated carbocycles. The predicted molar refractivity (Wildman–Crippen MR) is 75.8 cm³/mol. The van der Waals surface area contributed by atoms with Crippen molar-refractivity contribution in [2.24, 2.45) is 0 Å². The molecule has 1 aromatic carbocycles. The molecule has 0 aliphatic carbocycles. The highest BCUT2D eigenvalue weighted by molar-refractivity contribution is 5.85. The molecule has 0 atom stereocenters. The molecule has 0 saturated heterocycles. The van der Waals surface area contributed by atoms with E-state index < -0.39 is 5.97 Å². The van der Waals surface area contributed by atoms with Crippen molar-refractivity contribution in [3.05, 3.63) is 59.3 Å². The first-order valence-electron chi connectivity index (χ1n) is 6.01. The van der Waals surface area contributed by atoms with Crippen molar-refractivity contribution < 1.29 is 9.90 Å². The molecule has 0 spiro atoms. The van der Waals surface area contributed by atoms with Crippen molar-refractivity contribution in [2.45, 2.75) is 13.8 Å². The molecule has 96 valence electrons. The van der Waals surface area contributed by atoms with Crippen LogP contribution in [0.3, 0.4) is 0 Å². The second-order valence-corrected chi connectivity index (χ2v) is 4.50. The van der Waals surface area contributed by atoms with Gasteiger partial charge in [-0.15, -0.1) is 0 Å². The highest BCUT2D eigenvalue weighted by Gasteiger charge is 2.02. The minimum absolute atomic E-state index is 0.638. The quantitative estimate of drug-likeness (QED) is 0.852. The topological polar surface area (TPSA) is 50.2 Å². The Kier molecular flexibility index (Phi) is 3.76. The summed E-state index contributed by atoms with van der Waals surface area (Å²) in [6, 6.07) is 11.8. The molecule has 0 radical (unpaired) electrons. The zero-order valence-corrected chi connectivity index (χ0v) is 10.9. The summed E-state index contributed by atoms with van der Waals surface area (Å²) in [7, 11) is 0. The van der Waals surface area contributed by atoms with E-state index in [4.69, 9.17) is 5.11 Å². The fourth-order valence-corrected chi connectivity index (χ4v) is 1.98. The second kappa shape index (κ2) is 5.48.